The largest absolute Gasteiger partial charge is 0.379 e. The second-order valence-electron chi connectivity index (χ2n) is 6.43. The van der Waals surface area contributed by atoms with Gasteiger partial charge < -0.3 is 10.1 Å². The van der Waals surface area contributed by atoms with Crippen molar-refractivity contribution >= 4 is 21.6 Å². The number of ether oxygens (including phenoxy) is 1. The summed E-state index contributed by atoms with van der Waals surface area (Å²) in [6.45, 7) is 5.62. The van der Waals surface area contributed by atoms with Crippen LogP contribution >= 0.6 is 0 Å². The zero-order valence-electron chi connectivity index (χ0n) is 16.1. The van der Waals surface area contributed by atoms with E-state index in [1.165, 1.54) is 41.9 Å². The summed E-state index contributed by atoms with van der Waals surface area (Å²) in [7, 11) is -2.29. The molecule has 29 heavy (non-hydrogen) atoms. The number of rotatable bonds is 7. The average molecular weight is 417 g/mol. The molecule has 0 radical (unpaired) electrons. The van der Waals surface area contributed by atoms with Gasteiger partial charge in [-0.25, -0.2) is 18.4 Å². The van der Waals surface area contributed by atoms with Gasteiger partial charge in [0.25, 0.3) is 0 Å². The number of hydrogen-bond donors (Lipinski definition) is 1. The van der Waals surface area contributed by atoms with Crippen molar-refractivity contribution in [3.63, 3.8) is 0 Å². The maximum Gasteiger partial charge on any atom is 0.247 e. The highest BCUT2D eigenvalue weighted by atomic mass is 32.2. The third-order valence-corrected chi connectivity index (χ3v) is 6.42. The van der Waals surface area contributed by atoms with Gasteiger partial charge in [0.05, 0.1) is 18.1 Å². The van der Waals surface area contributed by atoms with Crippen LogP contribution in [0.25, 0.3) is 0 Å². The predicted molar refractivity (Wildman–Crippen MR) is 107 cm³/mol. The predicted octanol–water partition coefficient (Wildman–Crippen LogP) is 1.25. The molecule has 1 saturated heterocycles. The molecule has 1 fully saturated rings. The van der Waals surface area contributed by atoms with Crippen molar-refractivity contribution in [2.75, 3.05) is 38.7 Å². The minimum Gasteiger partial charge on any atom is -0.379 e. The molecule has 0 aliphatic carbocycles. The Balaban J connectivity index is 1.90. The van der Waals surface area contributed by atoms with Crippen molar-refractivity contribution in [2.45, 2.75) is 11.1 Å². The number of carbonyl (C=O) groups excluding carboxylic acids is 1. The Morgan fingerprint density at radius 3 is 2.45 bits per heavy atom. The topological polar surface area (TPSA) is 105 Å². The van der Waals surface area contributed by atoms with Gasteiger partial charge in [0.15, 0.2) is 0 Å². The standard InChI is InChI=1S/C19H23N5O4S/c1-3-18(25)22-16-4-6-17(7-5-16)29(26,27)23(2)19(15-12-20-14-21-13-15)24-8-10-28-11-9-24/h3-7,12-14,19H,1,8-11H2,2H3,(H,22,25). The first-order valence-electron chi connectivity index (χ1n) is 9.01. The van der Waals surface area contributed by atoms with Gasteiger partial charge in [-0.15, -0.1) is 0 Å². The van der Waals surface area contributed by atoms with Gasteiger partial charge in [-0.3, -0.25) is 9.69 Å². The fraction of sp³-hybridized carbons (Fsp3) is 0.316. The van der Waals surface area contributed by atoms with Crippen LogP contribution in [0.3, 0.4) is 0 Å². The number of amides is 1. The van der Waals surface area contributed by atoms with E-state index < -0.39 is 16.2 Å². The summed E-state index contributed by atoms with van der Waals surface area (Å²) < 4.78 is 33.3. The molecule has 3 rings (SSSR count). The number of morpholine rings is 1. The van der Waals surface area contributed by atoms with E-state index in [0.717, 1.165) is 6.08 Å². The SMILES string of the molecule is C=CC(=O)Nc1ccc(S(=O)(=O)N(C)C(c2cncnc2)N2CCOCC2)cc1. The number of nitrogens with zero attached hydrogens (tertiary/aromatic N) is 4. The summed E-state index contributed by atoms with van der Waals surface area (Å²) in [6, 6.07) is 6.00. The first kappa shape index (κ1) is 21.1. The van der Waals surface area contributed by atoms with Gasteiger partial charge in [0.1, 0.15) is 12.5 Å². The van der Waals surface area contributed by atoms with E-state index in [9.17, 15) is 13.2 Å². The Labute approximate surface area is 170 Å². The van der Waals surface area contributed by atoms with Crippen LogP contribution in [-0.2, 0) is 19.6 Å². The van der Waals surface area contributed by atoms with Gasteiger partial charge in [0.2, 0.25) is 15.9 Å². The lowest BCUT2D eigenvalue weighted by atomic mass is 10.2. The van der Waals surface area contributed by atoms with Crippen molar-refractivity contribution in [3.8, 4) is 0 Å². The molecule has 154 valence electrons. The molecule has 10 heteroatoms. The summed E-state index contributed by atoms with van der Waals surface area (Å²) in [5.74, 6) is -0.366. The number of benzene rings is 1. The first-order chi connectivity index (χ1) is 13.9. The maximum absolute atomic E-state index is 13.3. The highest BCUT2D eigenvalue weighted by Crippen LogP contribution is 2.29. The second-order valence-corrected chi connectivity index (χ2v) is 8.43. The van der Waals surface area contributed by atoms with Crippen molar-refractivity contribution in [1.29, 1.82) is 0 Å². The fourth-order valence-electron chi connectivity index (χ4n) is 3.12. The summed E-state index contributed by atoms with van der Waals surface area (Å²) >= 11 is 0. The summed E-state index contributed by atoms with van der Waals surface area (Å²) in [5.41, 5.74) is 1.16. The lowest BCUT2D eigenvalue weighted by Crippen LogP contribution is -2.47. The third-order valence-electron chi connectivity index (χ3n) is 4.60. The van der Waals surface area contributed by atoms with Crippen LogP contribution in [-0.4, -0.2) is 66.8 Å². The molecule has 2 aromatic rings. The number of anilines is 1. The van der Waals surface area contributed by atoms with Crippen LogP contribution in [0.15, 0.2) is 60.5 Å². The quantitative estimate of drug-likeness (QED) is 0.676. The zero-order chi connectivity index (χ0) is 20.9. The highest BCUT2D eigenvalue weighted by Gasteiger charge is 2.34. The van der Waals surface area contributed by atoms with E-state index in [0.29, 0.717) is 37.6 Å². The first-order valence-corrected chi connectivity index (χ1v) is 10.5. The van der Waals surface area contributed by atoms with E-state index >= 15 is 0 Å². The molecule has 1 N–H and O–H groups in total. The third kappa shape index (κ3) is 4.85. The van der Waals surface area contributed by atoms with Crippen LogP contribution in [0.4, 0.5) is 5.69 Å². The van der Waals surface area contributed by atoms with Crippen LogP contribution in [0, 0.1) is 0 Å². The van der Waals surface area contributed by atoms with Crippen molar-refractivity contribution in [1.82, 2.24) is 19.2 Å². The summed E-state index contributed by atoms with van der Waals surface area (Å²) in [5, 5.41) is 2.60. The Bertz CT molecular complexity index is 944. The molecule has 2 heterocycles. The smallest absolute Gasteiger partial charge is 0.247 e. The number of carbonyl (C=O) groups is 1. The molecule has 1 amide bonds. The van der Waals surface area contributed by atoms with Gasteiger partial charge >= 0.3 is 0 Å². The lowest BCUT2D eigenvalue weighted by molar-refractivity contribution is -0.111. The van der Waals surface area contributed by atoms with Crippen LogP contribution in [0.5, 0.6) is 0 Å². The van der Waals surface area contributed by atoms with Crippen molar-refractivity contribution < 1.29 is 17.9 Å². The Morgan fingerprint density at radius 1 is 1.24 bits per heavy atom. The molecule has 0 spiro atoms. The maximum atomic E-state index is 13.3. The zero-order valence-corrected chi connectivity index (χ0v) is 16.9. The molecular weight excluding hydrogens is 394 g/mol. The van der Waals surface area contributed by atoms with Gasteiger partial charge in [-0.05, 0) is 30.3 Å². The van der Waals surface area contributed by atoms with E-state index in [1.54, 1.807) is 12.4 Å². The van der Waals surface area contributed by atoms with Crippen LogP contribution in [0.1, 0.15) is 11.7 Å². The Kier molecular flexibility index (Phi) is 6.70. The monoisotopic (exact) mass is 417 g/mol. The minimum atomic E-state index is -3.82. The van der Waals surface area contributed by atoms with E-state index in [2.05, 4.69) is 21.9 Å². The fourth-order valence-corrected chi connectivity index (χ4v) is 4.45. The van der Waals surface area contributed by atoms with Crippen LogP contribution < -0.4 is 5.32 Å². The summed E-state index contributed by atoms with van der Waals surface area (Å²) in [4.78, 5) is 21.6. The lowest BCUT2D eigenvalue weighted by Gasteiger charge is -2.38. The van der Waals surface area contributed by atoms with Gasteiger partial charge in [-0.2, -0.15) is 4.31 Å². The number of sulfonamides is 1. The molecule has 1 unspecified atom stereocenters. The molecule has 1 aromatic carbocycles. The summed E-state index contributed by atoms with van der Waals surface area (Å²) in [6.07, 6.45) is 5.23. The van der Waals surface area contributed by atoms with E-state index in [-0.39, 0.29) is 10.8 Å². The average Bonchev–Trinajstić information content (AvgIpc) is 2.75. The number of hydrogen-bond acceptors (Lipinski definition) is 7. The number of nitrogens with one attached hydrogen (secondary N) is 1. The molecule has 0 saturated carbocycles. The van der Waals surface area contributed by atoms with Crippen molar-refractivity contribution in [2.24, 2.45) is 0 Å². The highest BCUT2D eigenvalue weighted by molar-refractivity contribution is 7.89. The Morgan fingerprint density at radius 2 is 1.86 bits per heavy atom. The minimum absolute atomic E-state index is 0.117. The van der Waals surface area contributed by atoms with Crippen molar-refractivity contribution in [3.05, 3.63) is 61.2 Å². The van der Waals surface area contributed by atoms with E-state index in [4.69, 9.17) is 4.74 Å². The van der Waals surface area contributed by atoms with Gasteiger partial charge in [-0.1, -0.05) is 6.58 Å². The molecule has 1 aliphatic heterocycles. The van der Waals surface area contributed by atoms with Gasteiger partial charge in [0, 0.05) is 43.8 Å². The molecule has 1 aliphatic rings. The second kappa shape index (κ2) is 9.23. The van der Waals surface area contributed by atoms with Crippen LogP contribution in [0.2, 0.25) is 0 Å². The molecule has 1 aromatic heterocycles. The normalized spacial score (nSPS) is 16.3. The van der Waals surface area contributed by atoms with E-state index in [1.807, 2.05) is 4.90 Å². The molecular formula is C19H23N5O4S. The molecule has 1 atom stereocenters. The molecule has 9 nitrogen and oxygen atoms in total. The Hall–Kier alpha value is -2.66. The molecule has 0 bridgehead atoms. The number of aromatic nitrogens is 2.